The van der Waals surface area contributed by atoms with Crippen LogP contribution in [-0.4, -0.2) is 58.4 Å². The lowest BCUT2D eigenvalue weighted by molar-refractivity contribution is 0.380. The number of anilines is 1. The largest absolute Gasteiger partial charge is 0.351 e. The molecule has 3 aromatic rings. The minimum Gasteiger partial charge on any atom is -0.351 e. The fourth-order valence-electron chi connectivity index (χ4n) is 3.57. The lowest BCUT2D eigenvalue weighted by atomic mass is 10.1. The van der Waals surface area contributed by atoms with Crippen LogP contribution in [0.25, 0.3) is 11.3 Å². The van der Waals surface area contributed by atoms with Crippen LogP contribution in [-0.2, 0) is 16.6 Å². The molecule has 1 aliphatic rings. The van der Waals surface area contributed by atoms with Crippen molar-refractivity contribution in [3.05, 3.63) is 54.5 Å². The van der Waals surface area contributed by atoms with Crippen molar-refractivity contribution in [2.45, 2.75) is 25.4 Å². The molecule has 0 unspecified atom stereocenters. The van der Waals surface area contributed by atoms with Gasteiger partial charge in [0.15, 0.2) is 16.7 Å². The Bertz CT molecular complexity index is 1140. The molecule has 158 valence electrons. The first-order valence-electron chi connectivity index (χ1n) is 9.76. The third-order valence-electron chi connectivity index (χ3n) is 5.26. The van der Waals surface area contributed by atoms with E-state index in [1.807, 2.05) is 25.1 Å². The van der Waals surface area contributed by atoms with Gasteiger partial charge in [-0.05, 0) is 13.8 Å². The van der Waals surface area contributed by atoms with Gasteiger partial charge in [0.1, 0.15) is 17.8 Å². The molecule has 0 bridgehead atoms. The van der Waals surface area contributed by atoms with Crippen LogP contribution in [0.3, 0.4) is 0 Å². The molecule has 0 saturated carbocycles. The Morgan fingerprint density at radius 1 is 1.07 bits per heavy atom. The van der Waals surface area contributed by atoms with Gasteiger partial charge in [-0.2, -0.15) is 4.31 Å². The number of hydrogen-bond donors (Lipinski definition) is 0. The normalized spacial score (nSPS) is 15.5. The topological polar surface area (TPSA) is 84.2 Å². The Kier molecular flexibility index (Phi) is 5.52. The minimum absolute atomic E-state index is 0.0508. The van der Waals surface area contributed by atoms with Crippen LogP contribution in [0.5, 0.6) is 0 Å². The highest BCUT2D eigenvalue weighted by atomic mass is 32.2. The maximum absolute atomic E-state index is 15.1. The van der Waals surface area contributed by atoms with E-state index in [0.29, 0.717) is 31.0 Å². The Morgan fingerprint density at radius 2 is 1.77 bits per heavy atom. The summed E-state index contributed by atoms with van der Waals surface area (Å²) in [6.07, 6.45) is 2.90. The molecule has 3 heterocycles. The Labute approximate surface area is 175 Å². The number of hydrogen-bond acceptors (Lipinski definition) is 6. The quantitative estimate of drug-likeness (QED) is 0.618. The number of piperazine rings is 1. The van der Waals surface area contributed by atoms with E-state index in [1.54, 1.807) is 34.7 Å². The maximum Gasteiger partial charge on any atom is 0.262 e. The molecule has 1 saturated heterocycles. The predicted octanol–water partition coefficient (Wildman–Crippen LogP) is 2.32. The molecule has 8 nitrogen and oxygen atoms in total. The van der Waals surface area contributed by atoms with Crippen LogP contribution < -0.4 is 4.90 Å². The van der Waals surface area contributed by atoms with Gasteiger partial charge in [-0.15, -0.1) is 0 Å². The minimum atomic E-state index is -3.69. The second kappa shape index (κ2) is 8.11. The molecule has 0 spiro atoms. The Morgan fingerprint density at radius 3 is 2.40 bits per heavy atom. The molecule has 4 rings (SSSR count). The van der Waals surface area contributed by atoms with Gasteiger partial charge in [0.2, 0.25) is 0 Å². The molecule has 10 heteroatoms. The predicted molar refractivity (Wildman–Crippen MR) is 111 cm³/mol. The third-order valence-corrected chi connectivity index (χ3v) is 7.03. The van der Waals surface area contributed by atoms with Crippen molar-refractivity contribution in [3.63, 3.8) is 0 Å². The van der Waals surface area contributed by atoms with Crippen molar-refractivity contribution in [3.8, 4) is 11.3 Å². The van der Waals surface area contributed by atoms with Gasteiger partial charge in [-0.3, -0.25) is 0 Å². The van der Waals surface area contributed by atoms with Gasteiger partial charge in [0.05, 0.1) is 0 Å². The molecule has 0 atom stereocenters. The van der Waals surface area contributed by atoms with Crippen molar-refractivity contribution in [2.24, 2.45) is 0 Å². The summed E-state index contributed by atoms with van der Waals surface area (Å²) in [6.45, 7) is 5.48. The van der Waals surface area contributed by atoms with Crippen LogP contribution in [0.2, 0.25) is 0 Å². The molecule has 0 N–H and O–H groups in total. The summed E-state index contributed by atoms with van der Waals surface area (Å²) in [7, 11) is -3.69. The monoisotopic (exact) mass is 430 g/mol. The maximum atomic E-state index is 15.1. The highest BCUT2D eigenvalue weighted by Crippen LogP contribution is 2.27. The highest BCUT2D eigenvalue weighted by Gasteiger charge is 2.32. The SMILES string of the molecule is CCn1cc(S(=O)(=O)N2CCN(c3ncnc(-c4ccccc4)c3F)CC2)nc1C. The first-order chi connectivity index (χ1) is 14.4. The van der Waals surface area contributed by atoms with Crippen LogP contribution in [0, 0.1) is 12.7 Å². The fourth-order valence-corrected chi connectivity index (χ4v) is 4.99. The molecular formula is C20H23FN6O2S. The van der Waals surface area contributed by atoms with Gasteiger partial charge in [-0.25, -0.2) is 27.8 Å². The van der Waals surface area contributed by atoms with Gasteiger partial charge >= 0.3 is 0 Å². The van der Waals surface area contributed by atoms with Crippen molar-refractivity contribution < 1.29 is 12.8 Å². The van der Waals surface area contributed by atoms with E-state index in [1.165, 1.54) is 10.6 Å². The zero-order valence-corrected chi connectivity index (χ0v) is 17.7. The second-order valence-electron chi connectivity index (χ2n) is 7.03. The van der Waals surface area contributed by atoms with Crippen molar-refractivity contribution in [2.75, 3.05) is 31.1 Å². The summed E-state index contributed by atoms with van der Waals surface area (Å²) >= 11 is 0. The molecule has 2 aromatic heterocycles. The van der Waals surface area contributed by atoms with Crippen LogP contribution in [0.4, 0.5) is 10.2 Å². The van der Waals surface area contributed by atoms with Crippen molar-refractivity contribution in [1.82, 2.24) is 23.8 Å². The Hall–Kier alpha value is -2.85. The van der Waals surface area contributed by atoms with E-state index < -0.39 is 15.8 Å². The zero-order valence-electron chi connectivity index (χ0n) is 16.9. The standard InChI is InChI=1S/C20H23FN6O2S/c1-3-25-13-17(24-15(25)2)30(28,29)27-11-9-26(10-12-27)20-18(21)19(22-14-23-20)16-7-5-4-6-8-16/h4-8,13-14H,3,9-12H2,1-2H3. The number of aryl methyl sites for hydroxylation is 2. The number of sulfonamides is 1. The summed E-state index contributed by atoms with van der Waals surface area (Å²) < 4.78 is 44.2. The number of rotatable bonds is 5. The van der Waals surface area contributed by atoms with Gasteiger partial charge in [-0.1, -0.05) is 30.3 Å². The Balaban J connectivity index is 1.52. The smallest absolute Gasteiger partial charge is 0.262 e. The number of benzene rings is 1. The molecule has 0 radical (unpaired) electrons. The molecule has 1 aromatic carbocycles. The van der Waals surface area contributed by atoms with E-state index in [2.05, 4.69) is 15.0 Å². The fraction of sp³-hybridized carbons (Fsp3) is 0.350. The molecule has 1 aliphatic heterocycles. The summed E-state index contributed by atoms with van der Waals surface area (Å²) in [6, 6.07) is 9.08. The van der Waals surface area contributed by atoms with Crippen molar-refractivity contribution in [1.29, 1.82) is 0 Å². The van der Waals surface area contributed by atoms with E-state index in [9.17, 15) is 8.42 Å². The number of imidazole rings is 1. The first-order valence-corrected chi connectivity index (χ1v) is 11.2. The van der Waals surface area contributed by atoms with Crippen molar-refractivity contribution >= 4 is 15.8 Å². The molecule has 30 heavy (non-hydrogen) atoms. The summed E-state index contributed by atoms with van der Waals surface area (Å²) in [5.74, 6) is 0.343. The summed E-state index contributed by atoms with van der Waals surface area (Å²) in [5.41, 5.74) is 0.901. The van der Waals surface area contributed by atoms with Gasteiger partial charge in [0.25, 0.3) is 10.0 Å². The molecule has 1 fully saturated rings. The second-order valence-corrected chi connectivity index (χ2v) is 8.91. The van der Waals surface area contributed by atoms with E-state index in [4.69, 9.17) is 0 Å². The molecule has 0 aliphatic carbocycles. The van der Waals surface area contributed by atoms with Gasteiger partial charge in [0, 0.05) is 44.5 Å². The van der Waals surface area contributed by atoms with E-state index in [-0.39, 0.29) is 29.6 Å². The number of halogens is 1. The lowest BCUT2D eigenvalue weighted by Crippen LogP contribution is -2.49. The van der Waals surface area contributed by atoms with Crippen LogP contribution in [0.1, 0.15) is 12.7 Å². The van der Waals surface area contributed by atoms with Crippen LogP contribution in [0.15, 0.2) is 47.9 Å². The molecule has 0 amide bonds. The molecular weight excluding hydrogens is 407 g/mol. The summed E-state index contributed by atoms with van der Waals surface area (Å²) in [5, 5.41) is 0.0508. The van der Waals surface area contributed by atoms with E-state index >= 15 is 4.39 Å². The lowest BCUT2D eigenvalue weighted by Gasteiger charge is -2.34. The average Bonchev–Trinajstić information content (AvgIpc) is 3.16. The zero-order chi connectivity index (χ0) is 21.3. The number of aromatic nitrogens is 4. The van der Waals surface area contributed by atoms with Gasteiger partial charge < -0.3 is 9.47 Å². The first kappa shape index (κ1) is 20.4. The third kappa shape index (κ3) is 3.68. The highest BCUT2D eigenvalue weighted by molar-refractivity contribution is 7.89. The average molecular weight is 431 g/mol. The van der Waals surface area contributed by atoms with Crippen LogP contribution >= 0.6 is 0 Å². The summed E-state index contributed by atoms with van der Waals surface area (Å²) in [4.78, 5) is 14.2. The van der Waals surface area contributed by atoms with E-state index in [0.717, 1.165) is 0 Å². The number of nitrogens with zero attached hydrogens (tertiary/aromatic N) is 6.